The number of carbonyl (C=O) groups is 1. The highest BCUT2D eigenvalue weighted by molar-refractivity contribution is 5.81. The zero-order chi connectivity index (χ0) is 14.2. The molecule has 0 atom stereocenters. The third-order valence-electron chi connectivity index (χ3n) is 3.42. The second-order valence-corrected chi connectivity index (χ2v) is 4.85. The van der Waals surface area contributed by atoms with Gasteiger partial charge in [-0.15, -0.1) is 0 Å². The van der Waals surface area contributed by atoms with Crippen LogP contribution in [0.25, 0.3) is 0 Å². The first-order valence-corrected chi connectivity index (χ1v) is 7.01. The Hall–Kier alpha value is -2.04. The maximum absolute atomic E-state index is 10.8. The van der Waals surface area contributed by atoms with Crippen LogP contribution in [0.1, 0.15) is 31.2 Å². The minimum atomic E-state index is -0.567. The number of hydrazone groups is 1. The Balaban J connectivity index is 1.93. The van der Waals surface area contributed by atoms with E-state index in [1.54, 1.807) is 6.21 Å². The van der Waals surface area contributed by atoms with Crippen molar-refractivity contribution in [2.24, 2.45) is 5.10 Å². The standard InChI is InChI=1S/C15H21N3O2/c1-20-15(19)17-16-12-13-6-8-14(9-7-13)18-10-4-2-3-5-11-18/h6-9,12H,2-5,10-11H2,1H3,(H,17,19)/b16-12-. The Bertz CT molecular complexity index is 449. The summed E-state index contributed by atoms with van der Waals surface area (Å²) in [6.45, 7) is 2.27. The molecule has 0 aliphatic carbocycles. The summed E-state index contributed by atoms with van der Waals surface area (Å²) < 4.78 is 4.43. The summed E-state index contributed by atoms with van der Waals surface area (Å²) in [5, 5.41) is 3.81. The molecular formula is C15H21N3O2. The fourth-order valence-electron chi connectivity index (χ4n) is 2.31. The van der Waals surface area contributed by atoms with Gasteiger partial charge in [0.1, 0.15) is 0 Å². The monoisotopic (exact) mass is 275 g/mol. The maximum atomic E-state index is 10.8. The highest BCUT2D eigenvalue weighted by atomic mass is 16.5. The van der Waals surface area contributed by atoms with Crippen molar-refractivity contribution < 1.29 is 9.53 Å². The molecule has 1 heterocycles. The molecule has 1 aliphatic rings. The number of rotatable bonds is 3. The van der Waals surface area contributed by atoms with Crippen molar-refractivity contribution in [2.45, 2.75) is 25.7 Å². The van der Waals surface area contributed by atoms with E-state index in [0.29, 0.717) is 0 Å². The lowest BCUT2D eigenvalue weighted by Gasteiger charge is -2.22. The first-order chi connectivity index (χ1) is 9.79. The van der Waals surface area contributed by atoms with Gasteiger partial charge in [-0.05, 0) is 30.5 Å². The normalized spacial score (nSPS) is 15.9. The number of anilines is 1. The Kier molecular flexibility index (Phi) is 5.41. The van der Waals surface area contributed by atoms with Crippen molar-refractivity contribution >= 4 is 18.0 Å². The number of carbonyl (C=O) groups excluding carboxylic acids is 1. The van der Waals surface area contributed by atoms with Crippen molar-refractivity contribution in [3.05, 3.63) is 29.8 Å². The number of nitrogens with one attached hydrogen (secondary N) is 1. The van der Waals surface area contributed by atoms with E-state index in [-0.39, 0.29) is 0 Å². The molecule has 5 heteroatoms. The number of benzene rings is 1. The third kappa shape index (κ3) is 4.26. The molecule has 1 aliphatic heterocycles. The Morgan fingerprint density at radius 2 is 1.85 bits per heavy atom. The average Bonchev–Trinajstić information content (AvgIpc) is 2.77. The molecule has 108 valence electrons. The van der Waals surface area contributed by atoms with Gasteiger partial charge in [-0.3, -0.25) is 0 Å². The third-order valence-corrected chi connectivity index (χ3v) is 3.42. The van der Waals surface area contributed by atoms with Crippen LogP contribution in [-0.2, 0) is 4.74 Å². The summed E-state index contributed by atoms with van der Waals surface area (Å²) >= 11 is 0. The summed E-state index contributed by atoms with van der Waals surface area (Å²) in [7, 11) is 1.31. The second kappa shape index (κ2) is 7.53. The predicted octanol–water partition coefficient (Wildman–Crippen LogP) is 2.76. The Labute approximate surface area is 119 Å². The van der Waals surface area contributed by atoms with Crippen LogP contribution >= 0.6 is 0 Å². The van der Waals surface area contributed by atoms with Crippen molar-refractivity contribution in [3.63, 3.8) is 0 Å². The van der Waals surface area contributed by atoms with Crippen molar-refractivity contribution in [3.8, 4) is 0 Å². The summed E-state index contributed by atoms with van der Waals surface area (Å²) in [6.07, 6.45) is 6.24. The van der Waals surface area contributed by atoms with Crippen LogP contribution in [0.5, 0.6) is 0 Å². The molecule has 1 N–H and O–H groups in total. The van der Waals surface area contributed by atoms with E-state index >= 15 is 0 Å². The number of hydrogen-bond donors (Lipinski definition) is 1. The maximum Gasteiger partial charge on any atom is 0.427 e. The van der Waals surface area contributed by atoms with E-state index in [1.807, 2.05) is 12.1 Å². The van der Waals surface area contributed by atoms with Crippen LogP contribution in [0.4, 0.5) is 10.5 Å². The number of methoxy groups -OCH3 is 1. The molecule has 0 radical (unpaired) electrons. The average molecular weight is 275 g/mol. The van der Waals surface area contributed by atoms with Crippen molar-refractivity contribution in [2.75, 3.05) is 25.1 Å². The molecule has 0 aromatic heterocycles. The molecule has 1 aromatic carbocycles. The van der Waals surface area contributed by atoms with Crippen LogP contribution < -0.4 is 10.3 Å². The molecular weight excluding hydrogens is 254 g/mol. The largest absolute Gasteiger partial charge is 0.452 e. The van der Waals surface area contributed by atoms with Gasteiger partial charge in [0.2, 0.25) is 0 Å². The van der Waals surface area contributed by atoms with Gasteiger partial charge in [0, 0.05) is 18.8 Å². The molecule has 5 nitrogen and oxygen atoms in total. The van der Waals surface area contributed by atoms with Gasteiger partial charge in [0.05, 0.1) is 13.3 Å². The second-order valence-electron chi connectivity index (χ2n) is 4.85. The van der Waals surface area contributed by atoms with E-state index in [4.69, 9.17) is 0 Å². The SMILES string of the molecule is COC(=O)N/N=C\c1ccc(N2CCCCCC2)cc1. The van der Waals surface area contributed by atoms with Crippen LogP contribution in [0, 0.1) is 0 Å². The first-order valence-electron chi connectivity index (χ1n) is 7.01. The zero-order valence-electron chi connectivity index (χ0n) is 11.8. The van der Waals surface area contributed by atoms with Crippen LogP contribution in [0.2, 0.25) is 0 Å². The lowest BCUT2D eigenvalue weighted by Crippen LogP contribution is -2.23. The minimum absolute atomic E-state index is 0.567. The van der Waals surface area contributed by atoms with Gasteiger partial charge in [-0.1, -0.05) is 25.0 Å². The zero-order valence-corrected chi connectivity index (χ0v) is 11.8. The lowest BCUT2D eigenvalue weighted by atomic mass is 10.2. The van der Waals surface area contributed by atoms with Gasteiger partial charge >= 0.3 is 6.09 Å². The number of ether oxygens (including phenoxy) is 1. The smallest absolute Gasteiger partial charge is 0.427 e. The van der Waals surface area contributed by atoms with E-state index in [0.717, 1.165) is 18.7 Å². The van der Waals surface area contributed by atoms with E-state index in [9.17, 15) is 4.79 Å². The van der Waals surface area contributed by atoms with Gasteiger partial charge in [0.25, 0.3) is 0 Å². The summed E-state index contributed by atoms with van der Waals surface area (Å²) in [5.41, 5.74) is 4.46. The fraction of sp³-hybridized carbons (Fsp3) is 0.467. The molecule has 0 bridgehead atoms. The van der Waals surface area contributed by atoms with Crippen molar-refractivity contribution in [1.29, 1.82) is 0 Å². The summed E-state index contributed by atoms with van der Waals surface area (Å²) in [6, 6.07) is 8.21. The van der Waals surface area contributed by atoms with Crippen LogP contribution in [-0.4, -0.2) is 32.5 Å². The lowest BCUT2D eigenvalue weighted by molar-refractivity contribution is 0.171. The molecule has 1 saturated heterocycles. The highest BCUT2D eigenvalue weighted by Crippen LogP contribution is 2.19. The Morgan fingerprint density at radius 1 is 1.20 bits per heavy atom. The topological polar surface area (TPSA) is 53.9 Å². The van der Waals surface area contributed by atoms with E-state index < -0.39 is 6.09 Å². The van der Waals surface area contributed by atoms with E-state index in [2.05, 4.69) is 32.3 Å². The molecule has 20 heavy (non-hydrogen) atoms. The van der Waals surface area contributed by atoms with Crippen LogP contribution in [0.15, 0.2) is 29.4 Å². The number of nitrogens with zero attached hydrogens (tertiary/aromatic N) is 2. The fourth-order valence-corrected chi connectivity index (χ4v) is 2.31. The number of hydrogen-bond acceptors (Lipinski definition) is 4. The van der Waals surface area contributed by atoms with Crippen LogP contribution in [0.3, 0.4) is 0 Å². The summed E-state index contributed by atoms with van der Waals surface area (Å²) in [5.74, 6) is 0. The minimum Gasteiger partial charge on any atom is -0.452 e. The highest BCUT2D eigenvalue weighted by Gasteiger charge is 2.09. The molecule has 0 unspecified atom stereocenters. The summed E-state index contributed by atoms with van der Waals surface area (Å²) in [4.78, 5) is 13.3. The van der Waals surface area contributed by atoms with E-state index in [1.165, 1.54) is 38.5 Å². The molecule has 1 fully saturated rings. The number of amides is 1. The molecule has 1 aromatic rings. The van der Waals surface area contributed by atoms with Gasteiger partial charge in [-0.25, -0.2) is 10.2 Å². The Morgan fingerprint density at radius 3 is 2.45 bits per heavy atom. The van der Waals surface area contributed by atoms with Gasteiger partial charge < -0.3 is 9.64 Å². The van der Waals surface area contributed by atoms with Gasteiger partial charge in [-0.2, -0.15) is 5.10 Å². The quantitative estimate of drug-likeness (QED) is 0.681. The van der Waals surface area contributed by atoms with Crippen molar-refractivity contribution in [1.82, 2.24) is 5.43 Å². The molecule has 1 amide bonds. The first kappa shape index (κ1) is 14.4. The van der Waals surface area contributed by atoms with Gasteiger partial charge in [0.15, 0.2) is 0 Å². The molecule has 2 rings (SSSR count). The molecule has 0 saturated carbocycles. The predicted molar refractivity (Wildman–Crippen MR) is 80.3 cm³/mol. The molecule has 0 spiro atoms.